The second kappa shape index (κ2) is 7.66. The van der Waals surface area contributed by atoms with Gasteiger partial charge in [-0.2, -0.15) is 0 Å². The van der Waals surface area contributed by atoms with Gasteiger partial charge in [0.15, 0.2) is 0 Å². The van der Waals surface area contributed by atoms with Crippen molar-refractivity contribution in [1.82, 2.24) is 0 Å². The van der Waals surface area contributed by atoms with Crippen LogP contribution in [0, 0.1) is 0 Å². The third kappa shape index (κ3) is 4.19. The number of para-hydroxylation sites is 2. The summed E-state index contributed by atoms with van der Waals surface area (Å²) in [7, 11) is 0. The molecule has 0 bridgehead atoms. The minimum Gasteiger partial charge on any atom is -0.462 e. The first-order chi connectivity index (χ1) is 13.8. The maximum absolute atomic E-state index is 5.90. The van der Waals surface area contributed by atoms with E-state index in [1.54, 1.807) is 0 Å². The van der Waals surface area contributed by atoms with Crippen LogP contribution in [0.3, 0.4) is 0 Å². The van der Waals surface area contributed by atoms with Crippen molar-refractivity contribution in [2.75, 3.05) is 13.2 Å². The molecule has 3 aromatic carbocycles. The van der Waals surface area contributed by atoms with Gasteiger partial charge in [0.2, 0.25) is 12.6 Å². The lowest BCUT2D eigenvalue weighted by Crippen LogP contribution is -2.04. The van der Waals surface area contributed by atoms with E-state index in [9.17, 15) is 0 Å². The van der Waals surface area contributed by atoms with Crippen LogP contribution in [0.15, 0.2) is 72.8 Å². The quantitative estimate of drug-likeness (QED) is 0.550. The molecule has 5 rings (SSSR count). The highest BCUT2D eigenvalue weighted by molar-refractivity contribution is 5.44. The molecule has 2 aliphatic heterocycles. The van der Waals surface area contributed by atoms with Gasteiger partial charge in [0, 0.05) is 12.8 Å². The second-order valence-corrected chi connectivity index (χ2v) is 7.10. The number of rotatable bonds is 8. The standard InChI is InChI=1S/C24H22O4/c1-2-8-18(14-20-10-4-6-12-22(20)28-24-16-26-24)17(7-1)13-19-9-3-5-11-21(19)27-23-15-25-23/h1-12,23-24H,13-16H2/t23-,24?/m1/s1. The van der Waals surface area contributed by atoms with E-state index in [0.29, 0.717) is 13.2 Å². The fourth-order valence-corrected chi connectivity index (χ4v) is 3.34. The third-order valence-corrected chi connectivity index (χ3v) is 4.95. The van der Waals surface area contributed by atoms with E-state index in [2.05, 4.69) is 48.5 Å². The van der Waals surface area contributed by atoms with Gasteiger partial charge in [-0.05, 0) is 34.4 Å². The first-order valence-electron chi connectivity index (χ1n) is 9.64. The number of hydrogen-bond acceptors (Lipinski definition) is 4. The van der Waals surface area contributed by atoms with Gasteiger partial charge < -0.3 is 18.9 Å². The summed E-state index contributed by atoms with van der Waals surface area (Å²) in [5, 5.41) is 0. The molecule has 2 fully saturated rings. The molecule has 2 atom stereocenters. The molecule has 4 heteroatoms. The van der Waals surface area contributed by atoms with E-state index in [-0.39, 0.29) is 12.6 Å². The van der Waals surface area contributed by atoms with Crippen LogP contribution in [0.5, 0.6) is 11.5 Å². The second-order valence-electron chi connectivity index (χ2n) is 7.10. The first-order valence-corrected chi connectivity index (χ1v) is 9.64. The smallest absolute Gasteiger partial charge is 0.223 e. The third-order valence-electron chi connectivity index (χ3n) is 4.95. The van der Waals surface area contributed by atoms with Crippen molar-refractivity contribution in [1.29, 1.82) is 0 Å². The SMILES string of the molecule is c1ccc(Cc2ccccc2O[C@@H]2CO2)c(Cc2ccccc2OC2CO2)c1. The molecule has 2 saturated heterocycles. The summed E-state index contributed by atoms with van der Waals surface area (Å²) in [6.07, 6.45) is 1.44. The molecule has 142 valence electrons. The van der Waals surface area contributed by atoms with Gasteiger partial charge in [-0.1, -0.05) is 60.7 Å². The molecule has 0 saturated carbocycles. The van der Waals surface area contributed by atoms with Gasteiger partial charge in [0.05, 0.1) is 0 Å². The zero-order chi connectivity index (χ0) is 18.8. The maximum Gasteiger partial charge on any atom is 0.223 e. The van der Waals surface area contributed by atoms with E-state index < -0.39 is 0 Å². The lowest BCUT2D eigenvalue weighted by atomic mass is 9.94. The van der Waals surface area contributed by atoms with Crippen LogP contribution < -0.4 is 9.47 Å². The summed E-state index contributed by atoms with van der Waals surface area (Å²) >= 11 is 0. The molecule has 0 spiro atoms. The lowest BCUT2D eigenvalue weighted by molar-refractivity contribution is 0.177. The van der Waals surface area contributed by atoms with Gasteiger partial charge in [0.1, 0.15) is 24.7 Å². The fraction of sp³-hybridized carbons (Fsp3) is 0.250. The summed E-state index contributed by atoms with van der Waals surface area (Å²) < 4.78 is 22.2. The number of ether oxygens (including phenoxy) is 4. The van der Waals surface area contributed by atoms with Crippen LogP contribution in [0.1, 0.15) is 22.3 Å². The molecule has 1 unspecified atom stereocenters. The van der Waals surface area contributed by atoms with Crippen molar-refractivity contribution in [3.8, 4) is 11.5 Å². The summed E-state index contributed by atoms with van der Waals surface area (Å²) in [5.74, 6) is 1.80. The van der Waals surface area contributed by atoms with E-state index in [1.807, 2.05) is 24.3 Å². The molecule has 0 N–H and O–H groups in total. The maximum atomic E-state index is 5.90. The van der Waals surface area contributed by atoms with Gasteiger partial charge in [-0.3, -0.25) is 0 Å². The average molecular weight is 374 g/mol. The zero-order valence-electron chi connectivity index (χ0n) is 15.5. The van der Waals surface area contributed by atoms with Crippen molar-refractivity contribution in [2.24, 2.45) is 0 Å². The van der Waals surface area contributed by atoms with E-state index >= 15 is 0 Å². The van der Waals surface area contributed by atoms with Crippen LogP contribution in [0.25, 0.3) is 0 Å². The van der Waals surface area contributed by atoms with Crippen LogP contribution in [-0.2, 0) is 22.3 Å². The lowest BCUT2D eigenvalue weighted by Gasteiger charge is -2.14. The highest BCUT2D eigenvalue weighted by Crippen LogP contribution is 2.29. The van der Waals surface area contributed by atoms with Crippen LogP contribution >= 0.6 is 0 Å². The van der Waals surface area contributed by atoms with Gasteiger partial charge >= 0.3 is 0 Å². The van der Waals surface area contributed by atoms with Crippen molar-refractivity contribution in [3.63, 3.8) is 0 Å². The highest BCUT2D eigenvalue weighted by atomic mass is 16.8. The Kier molecular flexibility index (Phi) is 4.73. The Hall–Kier alpha value is -2.82. The molecule has 3 aromatic rings. The van der Waals surface area contributed by atoms with Gasteiger partial charge in [0.25, 0.3) is 0 Å². The molecule has 28 heavy (non-hydrogen) atoms. The predicted octanol–water partition coefficient (Wildman–Crippen LogP) is 4.34. The number of benzene rings is 3. The topological polar surface area (TPSA) is 43.5 Å². The normalized spacial score (nSPS) is 19.9. The van der Waals surface area contributed by atoms with Gasteiger partial charge in [-0.15, -0.1) is 0 Å². The van der Waals surface area contributed by atoms with Crippen molar-refractivity contribution in [3.05, 3.63) is 95.1 Å². The van der Waals surface area contributed by atoms with E-state index in [1.165, 1.54) is 22.3 Å². The van der Waals surface area contributed by atoms with Crippen LogP contribution in [0.4, 0.5) is 0 Å². The van der Waals surface area contributed by atoms with Crippen molar-refractivity contribution < 1.29 is 18.9 Å². The summed E-state index contributed by atoms with van der Waals surface area (Å²) in [5.41, 5.74) is 4.91. The van der Waals surface area contributed by atoms with Crippen LogP contribution in [0.2, 0.25) is 0 Å². The molecule has 4 nitrogen and oxygen atoms in total. The van der Waals surface area contributed by atoms with E-state index in [0.717, 1.165) is 24.3 Å². The minimum atomic E-state index is -0.0925. The highest BCUT2D eigenvalue weighted by Gasteiger charge is 2.26. The van der Waals surface area contributed by atoms with Crippen LogP contribution in [-0.4, -0.2) is 25.8 Å². The Balaban J connectivity index is 1.39. The molecule has 2 aliphatic rings. The monoisotopic (exact) mass is 374 g/mol. The summed E-state index contributed by atoms with van der Waals surface area (Å²) in [4.78, 5) is 0. The molecule has 0 amide bonds. The van der Waals surface area contributed by atoms with Gasteiger partial charge in [-0.25, -0.2) is 0 Å². The van der Waals surface area contributed by atoms with Crippen molar-refractivity contribution in [2.45, 2.75) is 25.4 Å². The molecule has 0 aromatic heterocycles. The Labute approximate surface area is 164 Å². The Bertz CT molecular complexity index is 882. The first kappa shape index (κ1) is 17.3. The Morgan fingerprint density at radius 3 is 1.32 bits per heavy atom. The van der Waals surface area contributed by atoms with E-state index in [4.69, 9.17) is 18.9 Å². The molecule has 0 aliphatic carbocycles. The molecular weight excluding hydrogens is 352 g/mol. The number of hydrogen-bond donors (Lipinski definition) is 0. The zero-order valence-corrected chi connectivity index (χ0v) is 15.5. The largest absolute Gasteiger partial charge is 0.462 e. The molecule has 2 heterocycles. The van der Waals surface area contributed by atoms with Crippen molar-refractivity contribution >= 4 is 0 Å². The fourth-order valence-electron chi connectivity index (χ4n) is 3.34. The summed E-state index contributed by atoms with van der Waals surface area (Å²) in [6, 6.07) is 24.9. The molecular formula is C24H22O4. The number of epoxide rings is 2. The summed E-state index contributed by atoms with van der Waals surface area (Å²) in [6.45, 7) is 1.35. The molecule has 0 radical (unpaired) electrons. The minimum absolute atomic E-state index is 0.0925. The average Bonchev–Trinajstić information content (AvgIpc) is 3.63. The Morgan fingerprint density at radius 1 is 0.571 bits per heavy atom. The Morgan fingerprint density at radius 2 is 0.929 bits per heavy atom. The predicted molar refractivity (Wildman–Crippen MR) is 106 cm³/mol.